The third-order valence-corrected chi connectivity index (χ3v) is 4.58. The van der Waals surface area contributed by atoms with E-state index < -0.39 is 0 Å². The maximum Gasteiger partial charge on any atom is 0.141 e. The third-order valence-electron chi connectivity index (χ3n) is 4.29. The highest BCUT2D eigenvalue weighted by Crippen LogP contribution is 2.34. The first-order valence-electron chi connectivity index (χ1n) is 7.90. The molecule has 112 valence electrons. The fourth-order valence-electron chi connectivity index (χ4n) is 3.21. The van der Waals surface area contributed by atoms with Gasteiger partial charge in [-0.1, -0.05) is 50.3 Å². The summed E-state index contributed by atoms with van der Waals surface area (Å²) in [5, 5.41) is 3.88. The summed E-state index contributed by atoms with van der Waals surface area (Å²) in [5.74, 6) is 0.316. The van der Waals surface area contributed by atoms with Crippen LogP contribution in [-0.2, 0) is 0 Å². The second kappa shape index (κ2) is 7.99. The number of hydrogen-bond acceptors (Lipinski definition) is 1. The van der Waals surface area contributed by atoms with Crippen molar-refractivity contribution in [2.75, 3.05) is 6.54 Å². The molecule has 1 aromatic rings. The predicted molar refractivity (Wildman–Crippen MR) is 83.6 cm³/mol. The molecule has 0 aromatic heterocycles. The molecule has 0 bridgehead atoms. The zero-order valence-corrected chi connectivity index (χ0v) is 13.1. The van der Waals surface area contributed by atoms with E-state index in [2.05, 4.69) is 12.2 Å². The molecule has 1 aliphatic rings. The van der Waals surface area contributed by atoms with Crippen LogP contribution in [0.1, 0.15) is 63.5 Å². The van der Waals surface area contributed by atoms with Gasteiger partial charge in [-0.3, -0.25) is 0 Å². The summed E-state index contributed by atoms with van der Waals surface area (Å²) in [6.07, 6.45) is 8.95. The molecule has 1 aromatic carbocycles. The van der Waals surface area contributed by atoms with Crippen molar-refractivity contribution in [2.24, 2.45) is 5.92 Å². The molecule has 1 nitrogen and oxygen atoms in total. The summed E-state index contributed by atoms with van der Waals surface area (Å²) in [7, 11) is 0. The molecule has 3 heteroatoms. The molecule has 0 radical (unpaired) electrons. The number of benzene rings is 1. The lowest BCUT2D eigenvalue weighted by atomic mass is 9.87. The summed E-state index contributed by atoms with van der Waals surface area (Å²) in [6.45, 7) is 3.17. The minimum Gasteiger partial charge on any atom is -0.310 e. The Hall–Kier alpha value is -0.600. The molecule has 0 amide bonds. The van der Waals surface area contributed by atoms with E-state index >= 15 is 0 Å². The number of halogens is 2. The zero-order valence-electron chi connectivity index (χ0n) is 12.3. The highest BCUT2D eigenvalue weighted by Gasteiger charge is 2.24. The maximum absolute atomic E-state index is 13.4. The van der Waals surface area contributed by atoms with E-state index in [0.29, 0.717) is 12.0 Å². The SMILES string of the molecule is CCCNC(c1ccc(F)c(Cl)c1)C1CCCCCC1. The lowest BCUT2D eigenvalue weighted by molar-refractivity contribution is 0.325. The second-order valence-corrected chi connectivity index (χ2v) is 6.26. The van der Waals surface area contributed by atoms with Crippen LogP contribution in [0.4, 0.5) is 4.39 Å². The first kappa shape index (κ1) is 15.8. The van der Waals surface area contributed by atoms with Gasteiger partial charge in [-0.25, -0.2) is 4.39 Å². The van der Waals surface area contributed by atoms with Gasteiger partial charge in [0, 0.05) is 6.04 Å². The van der Waals surface area contributed by atoms with Crippen molar-refractivity contribution in [3.05, 3.63) is 34.6 Å². The van der Waals surface area contributed by atoms with Gasteiger partial charge in [0.2, 0.25) is 0 Å². The maximum atomic E-state index is 13.4. The molecule has 1 fully saturated rings. The van der Waals surface area contributed by atoms with Crippen LogP contribution in [0.2, 0.25) is 5.02 Å². The first-order chi connectivity index (χ1) is 9.72. The molecular formula is C17H25ClFN. The van der Waals surface area contributed by atoms with Gasteiger partial charge in [0.25, 0.3) is 0 Å². The van der Waals surface area contributed by atoms with Gasteiger partial charge in [0.05, 0.1) is 5.02 Å². The molecule has 1 N–H and O–H groups in total. The summed E-state index contributed by atoms with van der Waals surface area (Å²) < 4.78 is 13.4. The Bertz CT molecular complexity index is 413. The molecule has 0 saturated heterocycles. The number of rotatable bonds is 5. The van der Waals surface area contributed by atoms with Crippen molar-refractivity contribution in [3.8, 4) is 0 Å². The van der Waals surface area contributed by atoms with Crippen molar-refractivity contribution in [2.45, 2.75) is 57.9 Å². The van der Waals surface area contributed by atoms with Crippen LogP contribution in [0, 0.1) is 11.7 Å². The summed E-state index contributed by atoms with van der Waals surface area (Å²) in [4.78, 5) is 0. The van der Waals surface area contributed by atoms with Gasteiger partial charge < -0.3 is 5.32 Å². The molecule has 2 rings (SSSR count). The van der Waals surface area contributed by atoms with Gasteiger partial charge in [-0.2, -0.15) is 0 Å². The summed E-state index contributed by atoms with van der Waals surface area (Å²) in [5.41, 5.74) is 1.14. The molecule has 1 atom stereocenters. The second-order valence-electron chi connectivity index (χ2n) is 5.86. The average molecular weight is 298 g/mol. The smallest absolute Gasteiger partial charge is 0.141 e. The van der Waals surface area contributed by atoms with Crippen molar-refractivity contribution in [1.82, 2.24) is 5.32 Å². The van der Waals surface area contributed by atoms with Gasteiger partial charge in [0.15, 0.2) is 0 Å². The van der Waals surface area contributed by atoms with E-state index in [0.717, 1.165) is 18.5 Å². The first-order valence-corrected chi connectivity index (χ1v) is 8.28. The van der Waals surface area contributed by atoms with E-state index in [-0.39, 0.29) is 10.8 Å². The highest BCUT2D eigenvalue weighted by molar-refractivity contribution is 6.30. The minimum absolute atomic E-state index is 0.236. The quantitative estimate of drug-likeness (QED) is 0.709. The average Bonchev–Trinajstić information content (AvgIpc) is 2.72. The molecule has 1 aliphatic carbocycles. The third kappa shape index (κ3) is 4.20. The molecule has 0 aliphatic heterocycles. The molecule has 1 unspecified atom stereocenters. The van der Waals surface area contributed by atoms with Crippen molar-refractivity contribution in [3.63, 3.8) is 0 Å². The standard InChI is InChI=1S/C17H25ClFN/c1-2-11-20-17(13-7-5-3-4-6-8-13)14-9-10-16(19)15(18)12-14/h9-10,12-13,17,20H,2-8,11H2,1H3. The molecule has 1 saturated carbocycles. The summed E-state index contributed by atoms with van der Waals surface area (Å²) >= 11 is 5.96. The van der Waals surface area contributed by atoms with Crippen LogP contribution < -0.4 is 5.32 Å². The van der Waals surface area contributed by atoms with Crippen LogP contribution in [0.25, 0.3) is 0 Å². The van der Waals surface area contributed by atoms with Gasteiger partial charge >= 0.3 is 0 Å². The minimum atomic E-state index is -0.328. The Kier molecular flexibility index (Phi) is 6.31. The van der Waals surface area contributed by atoms with Crippen LogP contribution in [0.3, 0.4) is 0 Å². The van der Waals surface area contributed by atoms with E-state index in [9.17, 15) is 4.39 Å². The number of nitrogens with one attached hydrogen (secondary N) is 1. The van der Waals surface area contributed by atoms with Crippen molar-refractivity contribution < 1.29 is 4.39 Å². The Morgan fingerprint density at radius 1 is 1.25 bits per heavy atom. The molecule has 0 spiro atoms. The van der Waals surface area contributed by atoms with E-state index in [4.69, 9.17) is 11.6 Å². The predicted octanol–water partition coefficient (Wildman–Crippen LogP) is 5.49. The van der Waals surface area contributed by atoms with Gasteiger partial charge in [-0.15, -0.1) is 0 Å². The lowest BCUT2D eigenvalue weighted by Crippen LogP contribution is -2.29. The monoisotopic (exact) mass is 297 g/mol. The van der Waals surface area contributed by atoms with Crippen LogP contribution in [0.5, 0.6) is 0 Å². The van der Waals surface area contributed by atoms with Crippen molar-refractivity contribution >= 4 is 11.6 Å². The van der Waals surface area contributed by atoms with Crippen LogP contribution in [0.15, 0.2) is 18.2 Å². The highest BCUT2D eigenvalue weighted by atomic mass is 35.5. The van der Waals surface area contributed by atoms with E-state index in [1.54, 1.807) is 6.07 Å². The fraction of sp³-hybridized carbons (Fsp3) is 0.647. The fourth-order valence-corrected chi connectivity index (χ4v) is 3.40. The topological polar surface area (TPSA) is 12.0 Å². The zero-order chi connectivity index (χ0) is 14.4. The van der Waals surface area contributed by atoms with E-state index in [1.807, 2.05) is 6.07 Å². The normalized spacial score (nSPS) is 18.8. The Labute approximate surface area is 126 Å². The molecule has 20 heavy (non-hydrogen) atoms. The van der Waals surface area contributed by atoms with Crippen LogP contribution in [-0.4, -0.2) is 6.54 Å². The van der Waals surface area contributed by atoms with Gasteiger partial charge in [-0.05, 0) is 49.4 Å². The largest absolute Gasteiger partial charge is 0.310 e. The van der Waals surface area contributed by atoms with Crippen LogP contribution >= 0.6 is 11.6 Å². The number of hydrogen-bond donors (Lipinski definition) is 1. The van der Waals surface area contributed by atoms with E-state index in [1.165, 1.54) is 44.6 Å². The van der Waals surface area contributed by atoms with Crippen molar-refractivity contribution in [1.29, 1.82) is 0 Å². The summed E-state index contributed by atoms with van der Waals surface area (Å²) in [6, 6.07) is 5.50. The molecule has 0 heterocycles. The Morgan fingerprint density at radius 2 is 1.95 bits per heavy atom. The lowest BCUT2D eigenvalue weighted by Gasteiger charge is -2.28. The van der Waals surface area contributed by atoms with Gasteiger partial charge in [0.1, 0.15) is 5.82 Å². The Balaban J connectivity index is 2.18. The Morgan fingerprint density at radius 3 is 2.55 bits per heavy atom. The molecular weight excluding hydrogens is 273 g/mol.